The molecule has 1 aromatic carbocycles. The topological polar surface area (TPSA) is 83.6 Å². The number of hydrogen-bond acceptors (Lipinski definition) is 3. The van der Waals surface area contributed by atoms with Crippen LogP contribution in [-0.4, -0.2) is 34.0 Å². The summed E-state index contributed by atoms with van der Waals surface area (Å²) in [5, 5.41) is 9.18. The highest BCUT2D eigenvalue weighted by Gasteiger charge is 2.36. The van der Waals surface area contributed by atoms with E-state index >= 15 is 0 Å². The van der Waals surface area contributed by atoms with Crippen LogP contribution in [0.4, 0.5) is 5.69 Å². The molecule has 0 saturated heterocycles. The molecule has 1 amide bonds. The number of hydrogen-bond donors (Lipinski definition) is 2. The summed E-state index contributed by atoms with van der Waals surface area (Å²) in [5.41, 5.74) is 5.82. The fraction of sp³-hybridized carbons (Fsp3) is 0.429. The summed E-state index contributed by atoms with van der Waals surface area (Å²) in [6, 6.07) is 6.99. The third-order valence-corrected chi connectivity index (χ3v) is 3.15. The summed E-state index contributed by atoms with van der Waals surface area (Å²) in [6.07, 6.45) is 0.171. The first-order valence-corrected chi connectivity index (χ1v) is 6.17. The Kier molecular flexibility index (Phi) is 4.53. The van der Waals surface area contributed by atoms with Crippen molar-refractivity contribution < 1.29 is 14.7 Å². The number of amides is 1. The van der Waals surface area contributed by atoms with Crippen molar-refractivity contribution in [2.45, 2.75) is 32.7 Å². The highest BCUT2D eigenvalue weighted by molar-refractivity contribution is 5.87. The first-order chi connectivity index (χ1) is 8.78. The number of rotatable bonds is 5. The number of aliphatic carboxylic acids is 1. The van der Waals surface area contributed by atoms with Crippen LogP contribution in [0, 0.1) is 0 Å². The molecular formula is C14H20N2O3. The van der Waals surface area contributed by atoms with Crippen LogP contribution in [0.2, 0.25) is 0 Å². The average Bonchev–Trinajstić information content (AvgIpc) is 2.32. The number of benzene rings is 1. The zero-order valence-corrected chi connectivity index (χ0v) is 11.5. The molecule has 0 atom stereocenters. The third-order valence-electron chi connectivity index (χ3n) is 3.15. The molecule has 0 spiro atoms. The van der Waals surface area contributed by atoms with Gasteiger partial charge < -0.3 is 15.7 Å². The van der Waals surface area contributed by atoms with Gasteiger partial charge in [-0.05, 0) is 38.5 Å². The monoisotopic (exact) mass is 264 g/mol. The van der Waals surface area contributed by atoms with Gasteiger partial charge in [0.25, 0.3) is 0 Å². The number of carboxylic acid groups (broad SMARTS) is 1. The molecule has 0 saturated carbocycles. The Morgan fingerprint density at radius 3 is 2.21 bits per heavy atom. The quantitative estimate of drug-likeness (QED) is 0.790. The molecule has 0 aliphatic carbocycles. The zero-order valence-electron chi connectivity index (χ0n) is 11.5. The molecule has 0 fully saturated rings. The molecule has 0 aromatic heterocycles. The Labute approximate surface area is 113 Å². The average molecular weight is 264 g/mol. The number of anilines is 1. The predicted octanol–water partition coefficient (Wildman–Crippen LogP) is 1.52. The van der Waals surface area contributed by atoms with E-state index < -0.39 is 11.5 Å². The van der Waals surface area contributed by atoms with Crippen molar-refractivity contribution in [1.82, 2.24) is 4.90 Å². The minimum atomic E-state index is -1.21. The van der Waals surface area contributed by atoms with Crippen molar-refractivity contribution in [2.24, 2.45) is 0 Å². The molecule has 3 N–H and O–H groups in total. The van der Waals surface area contributed by atoms with Crippen molar-refractivity contribution in [3.63, 3.8) is 0 Å². The maximum Gasteiger partial charge on any atom is 0.329 e. The van der Waals surface area contributed by atoms with E-state index in [9.17, 15) is 14.7 Å². The van der Waals surface area contributed by atoms with E-state index in [1.807, 2.05) is 0 Å². The number of carbonyl (C=O) groups is 2. The van der Waals surface area contributed by atoms with Gasteiger partial charge in [0.05, 0.1) is 6.42 Å². The van der Waals surface area contributed by atoms with Crippen LogP contribution in [0.25, 0.3) is 0 Å². The highest BCUT2D eigenvalue weighted by Crippen LogP contribution is 2.17. The number of nitrogen functional groups attached to an aromatic ring is 1. The maximum absolute atomic E-state index is 12.2. The lowest BCUT2D eigenvalue weighted by atomic mass is 10.0. The van der Waals surface area contributed by atoms with Crippen molar-refractivity contribution in [1.29, 1.82) is 0 Å². The van der Waals surface area contributed by atoms with Gasteiger partial charge in [-0.1, -0.05) is 12.1 Å². The Bertz CT molecular complexity index is 466. The number of likely N-dealkylation sites (N-methyl/N-ethyl adjacent to an activating group) is 1. The second kappa shape index (κ2) is 5.73. The predicted molar refractivity (Wildman–Crippen MR) is 73.7 cm³/mol. The summed E-state index contributed by atoms with van der Waals surface area (Å²) in [5.74, 6) is -1.22. The van der Waals surface area contributed by atoms with Crippen LogP contribution in [0.15, 0.2) is 24.3 Å². The molecule has 0 radical (unpaired) electrons. The molecular weight excluding hydrogens is 244 g/mol. The summed E-state index contributed by atoms with van der Waals surface area (Å²) in [6.45, 7) is 5.18. The van der Waals surface area contributed by atoms with Gasteiger partial charge in [-0.2, -0.15) is 0 Å². The van der Waals surface area contributed by atoms with Gasteiger partial charge in [-0.25, -0.2) is 4.79 Å². The van der Waals surface area contributed by atoms with Crippen molar-refractivity contribution in [3.8, 4) is 0 Å². The van der Waals surface area contributed by atoms with Crippen LogP contribution < -0.4 is 5.73 Å². The number of nitrogens with two attached hydrogens (primary N) is 1. The van der Waals surface area contributed by atoms with Gasteiger partial charge >= 0.3 is 5.97 Å². The first kappa shape index (κ1) is 15.0. The molecule has 1 aromatic rings. The van der Waals surface area contributed by atoms with Gasteiger partial charge in [-0.15, -0.1) is 0 Å². The van der Waals surface area contributed by atoms with Crippen LogP contribution in [0.3, 0.4) is 0 Å². The number of carbonyl (C=O) groups excluding carboxylic acids is 1. The molecule has 1 rings (SSSR count). The first-order valence-electron chi connectivity index (χ1n) is 6.17. The minimum absolute atomic E-state index is 0.171. The fourth-order valence-corrected chi connectivity index (χ4v) is 1.90. The normalized spacial score (nSPS) is 11.1. The van der Waals surface area contributed by atoms with E-state index in [4.69, 9.17) is 5.73 Å². The van der Waals surface area contributed by atoms with Crippen LogP contribution in [0.5, 0.6) is 0 Å². The van der Waals surface area contributed by atoms with Crippen LogP contribution in [-0.2, 0) is 16.0 Å². The van der Waals surface area contributed by atoms with Crippen molar-refractivity contribution >= 4 is 17.6 Å². The van der Waals surface area contributed by atoms with Crippen LogP contribution in [0.1, 0.15) is 26.3 Å². The van der Waals surface area contributed by atoms with E-state index in [1.165, 1.54) is 18.7 Å². The summed E-state index contributed by atoms with van der Waals surface area (Å²) in [7, 11) is 0. The van der Waals surface area contributed by atoms with E-state index in [0.717, 1.165) is 5.56 Å². The zero-order chi connectivity index (χ0) is 14.6. The SMILES string of the molecule is CCN(C(=O)Cc1ccc(N)cc1)C(C)(C)C(=O)O. The molecule has 0 aliphatic heterocycles. The van der Waals surface area contributed by atoms with E-state index in [1.54, 1.807) is 31.2 Å². The molecule has 5 heteroatoms. The van der Waals surface area contributed by atoms with Crippen LogP contribution >= 0.6 is 0 Å². The molecule has 5 nitrogen and oxygen atoms in total. The van der Waals surface area contributed by atoms with Crippen molar-refractivity contribution in [2.75, 3.05) is 12.3 Å². The maximum atomic E-state index is 12.2. The van der Waals surface area contributed by atoms with E-state index in [0.29, 0.717) is 12.2 Å². The Balaban J connectivity index is 2.86. The molecule has 104 valence electrons. The second-order valence-electron chi connectivity index (χ2n) is 4.92. The molecule has 0 bridgehead atoms. The Hall–Kier alpha value is -2.04. The molecule has 0 aliphatic rings. The highest BCUT2D eigenvalue weighted by atomic mass is 16.4. The summed E-state index contributed by atoms with van der Waals surface area (Å²) >= 11 is 0. The lowest BCUT2D eigenvalue weighted by Gasteiger charge is -2.34. The lowest BCUT2D eigenvalue weighted by molar-refractivity contribution is -0.156. The molecule has 0 heterocycles. The lowest BCUT2D eigenvalue weighted by Crippen LogP contribution is -2.53. The Morgan fingerprint density at radius 2 is 1.79 bits per heavy atom. The largest absolute Gasteiger partial charge is 0.480 e. The standard InChI is InChI=1S/C14H20N2O3/c1-4-16(14(2,3)13(18)19)12(17)9-10-5-7-11(15)8-6-10/h5-8H,4,9,15H2,1-3H3,(H,18,19). The van der Waals surface area contributed by atoms with E-state index in [-0.39, 0.29) is 12.3 Å². The summed E-state index contributed by atoms with van der Waals surface area (Å²) in [4.78, 5) is 24.8. The van der Waals surface area contributed by atoms with Gasteiger partial charge in [0, 0.05) is 12.2 Å². The molecule has 19 heavy (non-hydrogen) atoms. The van der Waals surface area contributed by atoms with Gasteiger partial charge in [0.1, 0.15) is 5.54 Å². The second-order valence-corrected chi connectivity index (χ2v) is 4.92. The van der Waals surface area contributed by atoms with Gasteiger partial charge in [-0.3, -0.25) is 4.79 Å². The van der Waals surface area contributed by atoms with Gasteiger partial charge in [0.2, 0.25) is 5.91 Å². The van der Waals surface area contributed by atoms with E-state index in [2.05, 4.69) is 0 Å². The third kappa shape index (κ3) is 3.47. The smallest absolute Gasteiger partial charge is 0.329 e. The number of carboxylic acids is 1. The van der Waals surface area contributed by atoms with Crippen molar-refractivity contribution in [3.05, 3.63) is 29.8 Å². The molecule has 0 unspecified atom stereocenters. The minimum Gasteiger partial charge on any atom is -0.480 e. The van der Waals surface area contributed by atoms with Gasteiger partial charge in [0.15, 0.2) is 0 Å². The Morgan fingerprint density at radius 1 is 1.26 bits per heavy atom. The fourth-order valence-electron chi connectivity index (χ4n) is 1.90. The summed E-state index contributed by atoms with van der Waals surface area (Å²) < 4.78 is 0. The number of nitrogens with zero attached hydrogens (tertiary/aromatic N) is 1.